The van der Waals surface area contributed by atoms with Crippen LogP contribution in [0.3, 0.4) is 0 Å². The maximum Gasteiger partial charge on any atom is 0.303 e. The van der Waals surface area contributed by atoms with E-state index in [-0.39, 0.29) is 12.5 Å². The fourth-order valence-electron chi connectivity index (χ4n) is 3.89. The average molecular weight is 375 g/mol. The van der Waals surface area contributed by atoms with Crippen molar-refractivity contribution < 1.29 is 14.6 Å². The monoisotopic (exact) mass is 375 g/mol. The minimum absolute atomic E-state index is 0.123. The van der Waals surface area contributed by atoms with E-state index in [2.05, 4.69) is 23.2 Å². The van der Waals surface area contributed by atoms with Gasteiger partial charge in [-0.2, -0.15) is 0 Å². The maximum absolute atomic E-state index is 11.0. The Labute approximate surface area is 165 Å². The minimum Gasteiger partial charge on any atom is -0.490 e. The average Bonchev–Trinajstić information content (AvgIpc) is 2.73. The van der Waals surface area contributed by atoms with Crippen LogP contribution in [-0.2, 0) is 11.2 Å². The van der Waals surface area contributed by atoms with Gasteiger partial charge in [-0.05, 0) is 61.9 Å². The van der Waals surface area contributed by atoms with Crippen LogP contribution in [0.15, 0.2) is 54.7 Å². The lowest BCUT2D eigenvalue weighted by molar-refractivity contribution is -0.136. The largest absolute Gasteiger partial charge is 0.490 e. The van der Waals surface area contributed by atoms with Crippen molar-refractivity contribution in [2.75, 3.05) is 0 Å². The van der Waals surface area contributed by atoms with Crippen LogP contribution in [0.4, 0.5) is 0 Å². The fraction of sp³-hybridized carbons (Fsp3) is 0.333. The zero-order valence-electron chi connectivity index (χ0n) is 15.9. The predicted octanol–water partition coefficient (Wildman–Crippen LogP) is 5.63. The van der Waals surface area contributed by atoms with Crippen LogP contribution in [0.1, 0.15) is 44.1 Å². The van der Waals surface area contributed by atoms with E-state index in [1.165, 1.54) is 19.3 Å². The van der Waals surface area contributed by atoms with Crippen LogP contribution in [-0.4, -0.2) is 22.2 Å². The first-order valence-corrected chi connectivity index (χ1v) is 10.1. The van der Waals surface area contributed by atoms with E-state index in [4.69, 9.17) is 9.84 Å². The van der Waals surface area contributed by atoms with E-state index in [0.717, 1.165) is 46.2 Å². The molecular weight excluding hydrogens is 350 g/mol. The highest BCUT2D eigenvalue weighted by atomic mass is 16.5. The summed E-state index contributed by atoms with van der Waals surface area (Å²) in [6.45, 7) is 0. The van der Waals surface area contributed by atoms with Gasteiger partial charge in [-0.3, -0.25) is 9.78 Å². The second-order valence-corrected chi connectivity index (χ2v) is 7.52. The summed E-state index contributed by atoms with van der Waals surface area (Å²) in [4.78, 5) is 15.6. The Hall–Kier alpha value is -2.88. The molecule has 0 spiro atoms. The zero-order valence-corrected chi connectivity index (χ0v) is 15.9. The minimum atomic E-state index is -0.781. The zero-order chi connectivity index (χ0) is 19.3. The molecule has 0 saturated heterocycles. The van der Waals surface area contributed by atoms with Gasteiger partial charge in [0.25, 0.3) is 0 Å². The van der Waals surface area contributed by atoms with Crippen molar-refractivity contribution >= 4 is 16.9 Å². The number of aromatic nitrogens is 1. The molecule has 4 heteroatoms. The predicted molar refractivity (Wildman–Crippen MR) is 111 cm³/mol. The molecule has 1 aromatic heterocycles. The van der Waals surface area contributed by atoms with Gasteiger partial charge in [0.2, 0.25) is 0 Å². The first-order valence-electron chi connectivity index (χ1n) is 10.1. The summed E-state index contributed by atoms with van der Waals surface area (Å²) in [5.74, 6) is 0.0829. The number of pyridine rings is 1. The van der Waals surface area contributed by atoms with Crippen LogP contribution in [0.25, 0.3) is 22.0 Å². The molecule has 0 aliphatic heterocycles. The summed E-state index contributed by atoms with van der Waals surface area (Å²) < 4.78 is 6.39. The number of carbonyl (C=O) groups is 1. The summed E-state index contributed by atoms with van der Waals surface area (Å²) in [5.41, 5.74) is 3.96. The molecule has 0 atom stereocenters. The SMILES string of the molecule is O=C(O)CCc1ccc(OC2CCCCC2)c(-c2cnc3ccccc3c2)c1. The molecule has 1 heterocycles. The molecule has 0 amide bonds. The number of aryl methyl sites for hydroxylation is 1. The lowest BCUT2D eigenvalue weighted by Gasteiger charge is -2.24. The van der Waals surface area contributed by atoms with Crippen molar-refractivity contribution in [3.63, 3.8) is 0 Å². The summed E-state index contributed by atoms with van der Waals surface area (Å²) in [7, 11) is 0. The second kappa shape index (κ2) is 8.42. The van der Waals surface area contributed by atoms with Crippen molar-refractivity contribution in [2.45, 2.75) is 51.0 Å². The van der Waals surface area contributed by atoms with Crippen molar-refractivity contribution in [1.82, 2.24) is 4.98 Å². The number of hydrogen-bond acceptors (Lipinski definition) is 3. The van der Waals surface area contributed by atoms with Crippen LogP contribution >= 0.6 is 0 Å². The molecule has 2 aromatic carbocycles. The quantitative estimate of drug-likeness (QED) is 0.606. The Bertz CT molecular complexity index is 977. The lowest BCUT2D eigenvalue weighted by Crippen LogP contribution is -2.20. The third kappa shape index (κ3) is 4.33. The van der Waals surface area contributed by atoms with E-state index in [0.29, 0.717) is 6.42 Å². The first-order chi connectivity index (χ1) is 13.7. The highest BCUT2D eigenvalue weighted by Gasteiger charge is 2.18. The van der Waals surface area contributed by atoms with Crippen LogP contribution in [0.2, 0.25) is 0 Å². The summed E-state index contributed by atoms with van der Waals surface area (Å²) >= 11 is 0. The third-order valence-corrected chi connectivity index (χ3v) is 5.42. The van der Waals surface area contributed by atoms with Crippen LogP contribution in [0.5, 0.6) is 5.75 Å². The van der Waals surface area contributed by atoms with Crippen molar-refractivity contribution in [1.29, 1.82) is 0 Å². The van der Waals surface area contributed by atoms with Crippen molar-refractivity contribution in [3.05, 3.63) is 60.3 Å². The smallest absolute Gasteiger partial charge is 0.303 e. The number of aliphatic carboxylic acids is 1. The molecule has 1 N–H and O–H groups in total. The number of carboxylic acid groups (broad SMARTS) is 1. The molecule has 0 bridgehead atoms. The number of benzene rings is 2. The van der Waals surface area contributed by atoms with E-state index in [9.17, 15) is 4.79 Å². The molecule has 144 valence electrons. The molecule has 1 fully saturated rings. The van der Waals surface area contributed by atoms with Gasteiger partial charge < -0.3 is 9.84 Å². The number of rotatable bonds is 6. The van der Waals surface area contributed by atoms with E-state index in [1.807, 2.05) is 36.5 Å². The Kier molecular flexibility index (Phi) is 5.56. The molecular formula is C24H25NO3. The van der Waals surface area contributed by atoms with Gasteiger partial charge in [-0.25, -0.2) is 0 Å². The highest BCUT2D eigenvalue weighted by molar-refractivity contribution is 5.85. The Morgan fingerprint density at radius 3 is 2.71 bits per heavy atom. The Morgan fingerprint density at radius 2 is 1.89 bits per heavy atom. The number of ether oxygens (including phenoxy) is 1. The first kappa shape index (κ1) is 18.5. The van der Waals surface area contributed by atoms with Gasteiger partial charge in [0, 0.05) is 29.1 Å². The van der Waals surface area contributed by atoms with Crippen molar-refractivity contribution in [3.8, 4) is 16.9 Å². The number of hydrogen-bond donors (Lipinski definition) is 1. The fourth-order valence-corrected chi connectivity index (χ4v) is 3.89. The Morgan fingerprint density at radius 1 is 1.07 bits per heavy atom. The second-order valence-electron chi connectivity index (χ2n) is 7.52. The van der Waals surface area contributed by atoms with Gasteiger partial charge >= 0.3 is 5.97 Å². The van der Waals surface area contributed by atoms with Crippen LogP contribution in [0, 0.1) is 0 Å². The highest BCUT2D eigenvalue weighted by Crippen LogP contribution is 2.35. The summed E-state index contributed by atoms with van der Waals surface area (Å²) in [6, 6.07) is 16.2. The molecule has 1 saturated carbocycles. The standard InChI is InChI=1S/C24H25NO3/c26-24(27)13-11-17-10-12-23(28-20-7-2-1-3-8-20)21(14-17)19-15-18-6-4-5-9-22(18)25-16-19/h4-6,9-10,12,14-16,20H,1-3,7-8,11,13H2,(H,26,27). The number of carboxylic acids is 1. The third-order valence-electron chi connectivity index (χ3n) is 5.42. The van der Waals surface area contributed by atoms with Gasteiger partial charge in [0.05, 0.1) is 11.6 Å². The number of fused-ring (bicyclic) bond motifs is 1. The summed E-state index contributed by atoms with van der Waals surface area (Å²) in [5, 5.41) is 10.1. The molecule has 0 unspecified atom stereocenters. The maximum atomic E-state index is 11.0. The van der Waals surface area contributed by atoms with E-state index >= 15 is 0 Å². The van der Waals surface area contributed by atoms with E-state index < -0.39 is 5.97 Å². The number of para-hydroxylation sites is 1. The van der Waals surface area contributed by atoms with Gasteiger partial charge in [0.1, 0.15) is 5.75 Å². The van der Waals surface area contributed by atoms with Crippen molar-refractivity contribution in [2.24, 2.45) is 0 Å². The molecule has 4 nitrogen and oxygen atoms in total. The lowest BCUT2D eigenvalue weighted by atomic mass is 9.96. The molecule has 0 radical (unpaired) electrons. The van der Waals surface area contributed by atoms with Crippen LogP contribution < -0.4 is 4.74 Å². The summed E-state index contributed by atoms with van der Waals surface area (Å²) in [6.07, 6.45) is 8.67. The molecule has 3 aromatic rings. The van der Waals surface area contributed by atoms with Gasteiger partial charge in [-0.1, -0.05) is 30.7 Å². The molecule has 4 rings (SSSR count). The van der Waals surface area contributed by atoms with E-state index in [1.54, 1.807) is 0 Å². The molecule has 1 aliphatic carbocycles. The van der Waals surface area contributed by atoms with Gasteiger partial charge in [0.15, 0.2) is 0 Å². The normalized spacial score (nSPS) is 14.9. The molecule has 28 heavy (non-hydrogen) atoms. The topological polar surface area (TPSA) is 59.4 Å². The number of nitrogens with zero attached hydrogens (tertiary/aromatic N) is 1. The van der Waals surface area contributed by atoms with Gasteiger partial charge in [-0.15, -0.1) is 0 Å². The Balaban J connectivity index is 1.70. The molecule has 1 aliphatic rings.